The molecule has 4 nitrogen and oxygen atoms in total. The summed E-state index contributed by atoms with van der Waals surface area (Å²) in [4.78, 5) is 12.1. The molecule has 3 rings (SSSR count). The van der Waals surface area contributed by atoms with Gasteiger partial charge in [-0.25, -0.2) is 0 Å². The van der Waals surface area contributed by atoms with Crippen molar-refractivity contribution < 1.29 is 19.7 Å². The molecule has 1 aliphatic heterocycles. The van der Waals surface area contributed by atoms with Crippen LogP contribution in [0.3, 0.4) is 0 Å². The number of ether oxygens (including phenoxy) is 1. The number of benzene rings is 2. The second-order valence-electron chi connectivity index (χ2n) is 4.19. The number of ketones is 1. The molecule has 0 fully saturated rings. The Labute approximate surface area is 109 Å². The maximum Gasteiger partial charge on any atom is 0.235 e. The van der Waals surface area contributed by atoms with Crippen molar-refractivity contribution in [2.45, 2.75) is 0 Å². The average Bonchev–Trinajstić information content (AvgIpc) is 2.67. The van der Waals surface area contributed by atoms with Crippen molar-refractivity contribution in [3.8, 4) is 17.2 Å². The van der Waals surface area contributed by atoms with Gasteiger partial charge in [0, 0.05) is 12.1 Å². The van der Waals surface area contributed by atoms with E-state index in [9.17, 15) is 15.0 Å². The number of Topliss-reactive ketones (excluding diaryl/α,β-unsaturated/α-hetero) is 1. The van der Waals surface area contributed by atoms with Gasteiger partial charge in [0.15, 0.2) is 5.76 Å². The Morgan fingerprint density at radius 2 is 1.79 bits per heavy atom. The second-order valence-corrected chi connectivity index (χ2v) is 4.19. The molecule has 19 heavy (non-hydrogen) atoms. The lowest BCUT2D eigenvalue weighted by molar-refractivity contribution is 0.101. The summed E-state index contributed by atoms with van der Waals surface area (Å²) in [6.07, 6.45) is 1.60. The summed E-state index contributed by atoms with van der Waals surface area (Å²) in [5.74, 6) is -0.524. The monoisotopic (exact) mass is 254 g/mol. The van der Waals surface area contributed by atoms with Crippen LogP contribution < -0.4 is 4.74 Å². The lowest BCUT2D eigenvalue weighted by Crippen LogP contribution is -1.98. The Morgan fingerprint density at radius 3 is 2.53 bits per heavy atom. The molecule has 0 radical (unpaired) electrons. The Balaban J connectivity index is 2.05. The van der Waals surface area contributed by atoms with Crippen molar-refractivity contribution in [1.82, 2.24) is 0 Å². The molecule has 0 amide bonds. The highest BCUT2D eigenvalue weighted by molar-refractivity contribution is 6.16. The van der Waals surface area contributed by atoms with Crippen LogP contribution in [0.2, 0.25) is 0 Å². The van der Waals surface area contributed by atoms with E-state index in [1.807, 2.05) is 30.3 Å². The summed E-state index contributed by atoms with van der Waals surface area (Å²) < 4.78 is 5.38. The van der Waals surface area contributed by atoms with Crippen LogP contribution in [0, 0.1) is 0 Å². The maximum absolute atomic E-state index is 12.1. The highest BCUT2D eigenvalue weighted by atomic mass is 16.5. The van der Waals surface area contributed by atoms with Gasteiger partial charge >= 0.3 is 0 Å². The van der Waals surface area contributed by atoms with E-state index in [0.29, 0.717) is 0 Å². The maximum atomic E-state index is 12.1. The van der Waals surface area contributed by atoms with Crippen LogP contribution in [0.5, 0.6) is 17.2 Å². The Kier molecular flexibility index (Phi) is 2.49. The van der Waals surface area contributed by atoms with Gasteiger partial charge in [-0.05, 0) is 11.6 Å². The summed E-state index contributed by atoms with van der Waals surface area (Å²) >= 11 is 0. The number of carbonyl (C=O) groups excluding carboxylic acids is 1. The third-order valence-electron chi connectivity index (χ3n) is 2.83. The highest BCUT2D eigenvalue weighted by Gasteiger charge is 2.31. The van der Waals surface area contributed by atoms with E-state index in [4.69, 9.17) is 4.74 Å². The summed E-state index contributed by atoms with van der Waals surface area (Å²) in [5.41, 5.74) is 0.905. The number of aromatic hydroxyl groups is 2. The molecule has 1 heterocycles. The van der Waals surface area contributed by atoms with E-state index in [0.717, 1.165) is 11.6 Å². The fraction of sp³-hybridized carbons (Fsp3) is 0. The Bertz CT molecular complexity index is 687. The lowest BCUT2D eigenvalue weighted by atomic mass is 10.1. The highest BCUT2D eigenvalue weighted by Crippen LogP contribution is 2.40. The second kappa shape index (κ2) is 4.17. The fourth-order valence-corrected chi connectivity index (χ4v) is 1.98. The topological polar surface area (TPSA) is 66.8 Å². The fourth-order valence-electron chi connectivity index (χ4n) is 1.98. The predicted octanol–water partition coefficient (Wildman–Crippen LogP) is 2.71. The van der Waals surface area contributed by atoms with E-state index in [1.54, 1.807) is 6.08 Å². The SMILES string of the molecule is O=C1/C(=C/c2ccccc2)Oc2cc(O)cc(O)c21. The van der Waals surface area contributed by atoms with Gasteiger partial charge in [-0.3, -0.25) is 4.79 Å². The van der Waals surface area contributed by atoms with Gasteiger partial charge in [0.25, 0.3) is 0 Å². The third kappa shape index (κ3) is 1.93. The van der Waals surface area contributed by atoms with E-state index in [2.05, 4.69) is 0 Å². The molecule has 1 aliphatic rings. The smallest absolute Gasteiger partial charge is 0.235 e. The van der Waals surface area contributed by atoms with Crippen LogP contribution in [0.25, 0.3) is 6.08 Å². The first kappa shape index (κ1) is 11.3. The summed E-state index contributed by atoms with van der Waals surface area (Å²) in [7, 11) is 0. The van der Waals surface area contributed by atoms with Crippen LogP contribution in [0.15, 0.2) is 48.2 Å². The van der Waals surface area contributed by atoms with Gasteiger partial charge in [-0.15, -0.1) is 0 Å². The summed E-state index contributed by atoms with van der Waals surface area (Å²) in [6.45, 7) is 0. The van der Waals surface area contributed by atoms with Crippen molar-refractivity contribution in [2.24, 2.45) is 0 Å². The molecule has 2 N–H and O–H groups in total. The van der Waals surface area contributed by atoms with E-state index < -0.39 is 5.78 Å². The molecule has 0 bridgehead atoms. The number of phenols is 2. The van der Waals surface area contributed by atoms with Crippen molar-refractivity contribution in [3.05, 3.63) is 59.4 Å². The first-order valence-electron chi connectivity index (χ1n) is 5.70. The minimum atomic E-state index is -0.392. The van der Waals surface area contributed by atoms with Gasteiger partial charge in [0.2, 0.25) is 5.78 Å². The zero-order valence-corrected chi connectivity index (χ0v) is 9.83. The first-order chi connectivity index (χ1) is 9.15. The van der Waals surface area contributed by atoms with E-state index in [1.165, 1.54) is 6.07 Å². The molecule has 2 aromatic carbocycles. The largest absolute Gasteiger partial charge is 0.508 e. The van der Waals surface area contributed by atoms with E-state index >= 15 is 0 Å². The van der Waals surface area contributed by atoms with Crippen molar-refractivity contribution >= 4 is 11.9 Å². The molecule has 0 spiro atoms. The number of fused-ring (bicyclic) bond motifs is 1. The molecule has 0 aromatic heterocycles. The number of carbonyl (C=O) groups is 1. The van der Waals surface area contributed by atoms with Gasteiger partial charge < -0.3 is 14.9 Å². The molecule has 0 unspecified atom stereocenters. The van der Waals surface area contributed by atoms with Crippen molar-refractivity contribution in [3.63, 3.8) is 0 Å². The van der Waals surface area contributed by atoms with Crippen LogP contribution in [-0.2, 0) is 0 Å². The quantitative estimate of drug-likeness (QED) is 0.768. The number of phenolic OH excluding ortho intramolecular Hbond substituents is 2. The van der Waals surface area contributed by atoms with Gasteiger partial charge in [-0.1, -0.05) is 30.3 Å². The number of rotatable bonds is 1. The normalized spacial score (nSPS) is 15.4. The molecule has 0 aliphatic carbocycles. The standard InChI is InChI=1S/C15H10O4/c16-10-7-11(17)14-12(8-10)19-13(15(14)18)6-9-4-2-1-3-5-9/h1-8,16-17H/b13-6-. The van der Waals surface area contributed by atoms with Crippen molar-refractivity contribution in [1.29, 1.82) is 0 Å². The minimum absolute atomic E-state index is 0.0833. The molecule has 0 saturated carbocycles. The Hall–Kier alpha value is -2.75. The van der Waals surface area contributed by atoms with Gasteiger partial charge in [-0.2, -0.15) is 0 Å². The van der Waals surface area contributed by atoms with Crippen LogP contribution in [-0.4, -0.2) is 16.0 Å². The van der Waals surface area contributed by atoms with Crippen LogP contribution >= 0.6 is 0 Å². The summed E-state index contributed by atoms with van der Waals surface area (Å²) in [6, 6.07) is 11.7. The summed E-state index contributed by atoms with van der Waals surface area (Å²) in [5, 5.41) is 19.0. The van der Waals surface area contributed by atoms with Crippen LogP contribution in [0.1, 0.15) is 15.9 Å². The molecular formula is C15H10O4. The number of hydrogen-bond acceptors (Lipinski definition) is 4. The van der Waals surface area contributed by atoms with Crippen LogP contribution in [0.4, 0.5) is 0 Å². The molecular weight excluding hydrogens is 244 g/mol. The minimum Gasteiger partial charge on any atom is -0.508 e. The van der Waals surface area contributed by atoms with Gasteiger partial charge in [0.1, 0.15) is 22.8 Å². The molecule has 2 aromatic rings. The average molecular weight is 254 g/mol. The third-order valence-corrected chi connectivity index (χ3v) is 2.83. The molecule has 4 heteroatoms. The van der Waals surface area contributed by atoms with E-state index in [-0.39, 0.29) is 28.6 Å². The molecule has 0 saturated heterocycles. The van der Waals surface area contributed by atoms with Gasteiger partial charge in [0.05, 0.1) is 0 Å². The van der Waals surface area contributed by atoms with Crippen molar-refractivity contribution in [2.75, 3.05) is 0 Å². The zero-order chi connectivity index (χ0) is 13.4. The zero-order valence-electron chi connectivity index (χ0n) is 9.83. The first-order valence-corrected chi connectivity index (χ1v) is 5.70. The Morgan fingerprint density at radius 1 is 1.05 bits per heavy atom. The lowest BCUT2D eigenvalue weighted by Gasteiger charge is -2.00. The number of hydrogen-bond donors (Lipinski definition) is 2. The predicted molar refractivity (Wildman–Crippen MR) is 69.1 cm³/mol. The number of allylic oxidation sites excluding steroid dienone is 1. The molecule has 94 valence electrons. The molecule has 0 atom stereocenters.